The zero-order valence-corrected chi connectivity index (χ0v) is 21.4. The lowest BCUT2D eigenvalue weighted by Crippen LogP contribution is -2.46. The number of pyridine rings is 1. The number of para-hydroxylation sites is 1. The summed E-state index contributed by atoms with van der Waals surface area (Å²) in [4.78, 5) is 45.5. The lowest BCUT2D eigenvalue weighted by molar-refractivity contribution is -0.126. The topological polar surface area (TPSA) is 88.6 Å². The largest absolute Gasteiger partial charge is 0.493 e. The Morgan fingerprint density at radius 2 is 1.77 bits per heavy atom. The molecular formula is C32H27N3O4. The molecule has 2 aliphatic heterocycles. The number of aromatic nitrogens is 1. The van der Waals surface area contributed by atoms with Crippen LogP contribution >= 0.6 is 0 Å². The van der Waals surface area contributed by atoms with Crippen LogP contribution in [-0.2, 0) is 21.5 Å². The van der Waals surface area contributed by atoms with Gasteiger partial charge in [-0.15, -0.1) is 0 Å². The zero-order valence-electron chi connectivity index (χ0n) is 21.4. The summed E-state index contributed by atoms with van der Waals surface area (Å²) >= 11 is 0. The van der Waals surface area contributed by atoms with Gasteiger partial charge in [-0.1, -0.05) is 54.6 Å². The Kier molecular flexibility index (Phi) is 5.47. The van der Waals surface area contributed by atoms with Crippen molar-refractivity contribution < 1.29 is 19.1 Å². The first kappa shape index (κ1) is 23.6. The Morgan fingerprint density at radius 3 is 2.54 bits per heavy atom. The maximum atomic E-state index is 13.5. The molecule has 1 saturated carbocycles. The van der Waals surface area contributed by atoms with Gasteiger partial charge in [0.1, 0.15) is 11.2 Å². The van der Waals surface area contributed by atoms with E-state index in [1.807, 2.05) is 66.7 Å². The molecule has 0 radical (unpaired) electrons. The highest BCUT2D eigenvalue weighted by Gasteiger charge is 2.50. The van der Waals surface area contributed by atoms with Crippen LogP contribution in [0.3, 0.4) is 0 Å². The summed E-state index contributed by atoms with van der Waals surface area (Å²) in [5, 5.41) is 3.53. The highest BCUT2D eigenvalue weighted by Crippen LogP contribution is 2.38. The second-order valence-electron chi connectivity index (χ2n) is 10.8. The Bertz CT molecular complexity index is 1640. The molecule has 1 N–H and O–H groups in total. The average Bonchev–Trinajstić information content (AvgIpc) is 3.68. The molecule has 1 aliphatic carbocycles. The lowest BCUT2D eigenvalue weighted by atomic mass is 9.77. The molecule has 194 valence electrons. The van der Waals surface area contributed by atoms with Crippen LogP contribution in [0, 0.1) is 5.92 Å². The quantitative estimate of drug-likeness (QED) is 0.361. The van der Waals surface area contributed by atoms with Crippen molar-refractivity contribution in [2.45, 2.75) is 31.2 Å². The monoisotopic (exact) mass is 517 g/mol. The third kappa shape index (κ3) is 4.14. The first-order valence-electron chi connectivity index (χ1n) is 13.3. The number of nitrogens with zero attached hydrogens (tertiary/aromatic N) is 2. The van der Waals surface area contributed by atoms with E-state index in [-0.39, 0.29) is 30.7 Å². The van der Waals surface area contributed by atoms with Gasteiger partial charge >= 0.3 is 0 Å². The number of carbonyl (C=O) groups is 3. The van der Waals surface area contributed by atoms with E-state index in [0.29, 0.717) is 35.9 Å². The molecule has 1 aromatic heterocycles. The van der Waals surface area contributed by atoms with Gasteiger partial charge in [-0.2, -0.15) is 0 Å². The van der Waals surface area contributed by atoms with Gasteiger partial charge < -0.3 is 9.64 Å². The summed E-state index contributed by atoms with van der Waals surface area (Å²) in [6.45, 7) is 1.18. The molecule has 3 heterocycles. The van der Waals surface area contributed by atoms with Crippen molar-refractivity contribution in [1.29, 1.82) is 0 Å². The highest BCUT2D eigenvalue weighted by molar-refractivity contribution is 6.10. The second kappa shape index (κ2) is 9.05. The van der Waals surface area contributed by atoms with Crippen molar-refractivity contribution in [3.63, 3.8) is 0 Å². The number of ether oxygens (including phenoxy) is 1. The van der Waals surface area contributed by atoms with Crippen LogP contribution in [0.5, 0.6) is 5.75 Å². The maximum Gasteiger partial charge on any atom is 0.254 e. The van der Waals surface area contributed by atoms with Crippen molar-refractivity contribution in [3.05, 3.63) is 95.7 Å². The molecule has 1 saturated heterocycles. The fourth-order valence-corrected chi connectivity index (χ4v) is 5.79. The van der Waals surface area contributed by atoms with Crippen molar-refractivity contribution in [3.8, 4) is 16.9 Å². The highest BCUT2D eigenvalue weighted by atomic mass is 16.5. The normalized spacial score (nSPS) is 20.4. The van der Waals surface area contributed by atoms with Crippen LogP contribution in [0.1, 0.15) is 40.7 Å². The van der Waals surface area contributed by atoms with Gasteiger partial charge in [-0.05, 0) is 53.6 Å². The van der Waals surface area contributed by atoms with Gasteiger partial charge in [0.05, 0.1) is 12.1 Å². The zero-order chi connectivity index (χ0) is 26.6. The molecule has 7 rings (SSSR count). The van der Waals surface area contributed by atoms with Crippen molar-refractivity contribution in [1.82, 2.24) is 15.2 Å². The fourth-order valence-electron chi connectivity index (χ4n) is 5.79. The predicted molar refractivity (Wildman–Crippen MR) is 146 cm³/mol. The van der Waals surface area contributed by atoms with Gasteiger partial charge in [0.25, 0.3) is 5.91 Å². The Balaban J connectivity index is 1.18. The molecule has 3 aromatic carbocycles. The molecule has 39 heavy (non-hydrogen) atoms. The average molecular weight is 518 g/mol. The number of hydrogen-bond donors (Lipinski definition) is 1. The lowest BCUT2D eigenvalue weighted by Gasteiger charge is -2.31. The maximum absolute atomic E-state index is 13.5. The van der Waals surface area contributed by atoms with E-state index in [4.69, 9.17) is 4.74 Å². The minimum Gasteiger partial charge on any atom is -0.493 e. The number of rotatable bonds is 7. The van der Waals surface area contributed by atoms with E-state index < -0.39 is 5.41 Å². The fraction of sp³-hybridized carbons (Fsp3) is 0.250. The summed E-state index contributed by atoms with van der Waals surface area (Å²) in [5.41, 5.74) is 3.91. The van der Waals surface area contributed by atoms with Crippen molar-refractivity contribution >= 4 is 28.6 Å². The number of nitrogens with one attached hydrogen (secondary N) is 1. The third-order valence-electron chi connectivity index (χ3n) is 8.13. The molecule has 3 aliphatic rings. The number of imide groups is 1. The van der Waals surface area contributed by atoms with E-state index >= 15 is 0 Å². The van der Waals surface area contributed by atoms with Crippen LogP contribution in [0.2, 0.25) is 0 Å². The number of fused-ring (bicyclic) bond motifs is 2. The summed E-state index contributed by atoms with van der Waals surface area (Å²) in [6, 6.07) is 23.3. The first-order chi connectivity index (χ1) is 19.0. The molecule has 7 heteroatoms. The summed E-state index contributed by atoms with van der Waals surface area (Å²) in [6.07, 6.45) is 4.16. The van der Waals surface area contributed by atoms with Crippen molar-refractivity contribution in [2.24, 2.45) is 5.92 Å². The smallest absolute Gasteiger partial charge is 0.254 e. The summed E-state index contributed by atoms with van der Waals surface area (Å²) in [5.74, 6) is 0.461. The van der Waals surface area contributed by atoms with Gasteiger partial charge in [0.2, 0.25) is 11.8 Å². The van der Waals surface area contributed by atoms with Crippen LogP contribution in [0.15, 0.2) is 79.0 Å². The number of carbonyl (C=O) groups excluding carboxylic acids is 3. The molecule has 3 amide bonds. The third-order valence-corrected chi connectivity index (χ3v) is 8.13. The van der Waals surface area contributed by atoms with Crippen LogP contribution in [-0.4, -0.2) is 40.8 Å². The molecule has 0 bridgehead atoms. The molecule has 0 unspecified atom stereocenters. The molecule has 2 fully saturated rings. The van der Waals surface area contributed by atoms with Crippen LogP contribution in [0.4, 0.5) is 0 Å². The number of hydrogen-bond acceptors (Lipinski definition) is 5. The summed E-state index contributed by atoms with van der Waals surface area (Å²) in [7, 11) is 0. The Labute approximate surface area is 225 Å². The number of amides is 3. The molecule has 0 spiro atoms. The van der Waals surface area contributed by atoms with Gasteiger partial charge in [-0.25, -0.2) is 0 Å². The standard InChI is InChI=1S/C32H27N3O4/c36-28-16-32(31(38)34-28,19-35-17-23-10-13-25(15-27(23)30(35)37)39-18-20-6-7-20)24-11-8-21(9-12-24)26-5-1-3-22-4-2-14-33-29(22)26/h1-5,8-15,20H,6-7,16-19H2,(H,34,36,38)/t32-/m1/s1. The van der Waals surface area contributed by atoms with Gasteiger partial charge in [-0.3, -0.25) is 24.7 Å². The van der Waals surface area contributed by atoms with E-state index in [1.54, 1.807) is 17.2 Å². The van der Waals surface area contributed by atoms with E-state index in [9.17, 15) is 14.4 Å². The predicted octanol–water partition coefficient (Wildman–Crippen LogP) is 4.63. The molecule has 7 nitrogen and oxygen atoms in total. The minimum atomic E-state index is -1.16. The van der Waals surface area contributed by atoms with Gasteiger partial charge in [0, 0.05) is 42.2 Å². The Hall–Kier alpha value is -4.52. The molecule has 1 atom stereocenters. The second-order valence-corrected chi connectivity index (χ2v) is 10.8. The minimum absolute atomic E-state index is 0.00310. The molecule has 4 aromatic rings. The Morgan fingerprint density at radius 1 is 0.949 bits per heavy atom. The van der Waals surface area contributed by atoms with E-state index in [1.165, 1.54) is 12.8 Å². The van der Waals surface area contributed by atoms with Crippen LogP contribution in [0.25, 0.3) is 22.0 Å². The number of benzene rings is 3. The first-order valence-corrected chi connectivity index (χ1v) is 13.3. The SMILES string of the molecule is O=C1C[C@@](CN2Cc3ccc(OCC4CC4)cc3C2=O)(c2ccc(-c3cccc4cccnc34)cc2)C(=O)N1. The van der Waals surface area contributed by atoms with E-state index in [0.717, 1.165) is 27.6 Å². The van der Waals surface area contributed by atoms with E-state index in [2.05, 4.69) is 10.3 Å². The molecular weight excluding hydrogens is 490 g/mol. The van der Waals surface area contributed by atoms with Crippen LogP contribution < -0.4 is 10.1 Å². The van der Waals surface area contributed by atoms with Gasteiger partial charge in [0.15, 0.2) is 0 Å². The van der Waals surface area contributed by atoms with Crippen molar-refractivity contribution in [2.75, 3.05) is 13.2 Å². The summed E-state index contributed by atoms with van der Waals surface area (Å²) < 4.78 is 5.88.